The molecule has 0 aromatic rings. The van der Waals surface area contributed by atoms with Gasteiger partial charge in [0.05, 0.1) is 12.2 Å². The minimum atomic E-state index is -1.83. The lowest BCUT2D eigenvalue weighted by Crippen LogP contribution is -2.70. The van der Waals surface area contributed by atoms with Crippen LogP contribution in [0.2, 0.25) is 0 Å². The topological polar surface area (TPSA) is 99.4 Å². The zero-order valence-corrected chi connectivity index (χ0v) is 12.0. The van der Waals surface area contributed by atoms with Crippen molar-refractivity contribution in [3.63, 3.8) is 0 Å². The molecule has 0 aliphatic rings. The van der Waals surface area contributed by atoms with E-state index in [1.54, 1.807) is 20.8 Å². The molecule has 0 aliphatic heterocycles. The van der Waals surface area contributed by atoms with E-state index in [0.29, 0.717) is 0 Å². The van der Waals surface area contributed by atoms with Gasteiger partial charge in [0.2, 0.25) is 0 Å². The van der Waals surface area contributed by atoms with Gasteiger partial charge < -0.3 is 29.9 Å². The summed E-state index contributed by atoms with van der Waals surface area (Å²) < 4.78 is 10.6. The first-order valence-electron chi connectivity index (χ1n) is 5.81. The minimum Gasteiger partial charge on any atom is -0.394 e. The molecule has 0 bridgehead atoms. The van der Waals surface area contributed by atoms with Crippen LogP contribution in [0, 0.1) is 0 Å². The molecule has 110 valence electrons. The average Bonchev–Trinajstić information content (AvgIpc) is 2.34. The van der Waals surface area contributed by atoms with E-state index in [-0.39, 0.29) is 0 Å². The molecule has 0 fully saturated rings. The number of methoxy groups -OCH3 is 2. The lowest BCUT2D eigenvalue weighted by molar-refractivity contribution is -0.278. The highest BCUT2D eigenvalue weighted by atomic mass is 16.6. The van der Waals surface area contributed by atoms with Crippen molar-refractivity contribution >= 4 is 0 Å². The summed E-state index contributed by atoms with van der Waals surface area (Å²) in [5.41, 5.74) is -4.06. The van der Waals surface area contributed by atoms with E-state index in [1.165, 1.54) is 21.1 Å². The van der Waals surface area contributed by atoms with Crippen LogP contribution >= 0.6 is 0 Å². The summed E-state index contributed by atoms with van der Waals surface area (Å²) in [6, 6.07) is 0. The largest absolute Gasteiger partial charge is 0.394 e. The van der Waals surface area contributed by atoms with Gasteiger partial charge in [-0.15, -0.1) is 0 Å². The first-order chi connectivity index (χ1) is 8.01. The molecule has 0 aliphatic carbocycles. The Kier molecular flexibility index (Phi) is 5.74. The van der Waals surface area contributed by atoms with Crippen molar-refractivity contribution in [2.24, 2.45) is 0 Å². The van der Waals surface area contributed by atoms with Crippen LogP contribution in [0.3, 0.4) is 0 Å². The van der Waals surface area contributed by atoms with E-state index in [9.17, 15) is 15.3 Å². The van der Waals surface area contributed by atoms with E-state index in [2.05, 4.69) is 0 Å². The molecule has 0 saturated heterocycles. The van der Waals surface area contributed by atoms with Crippen LogP contribution in [-0.2, 0) is 9.47 Å². The van der Waals surface area contributed by atoms with Crippen LogP contribution < -0.4 is 0 Å². The Morgan fingerprint density at radius 2 is 1.44 bits per heavy atom. The van der Waals surface area contributed by atoms with Gasteiger partial charge in [0.25, 0.3) is 0 Å². The fourth-order valence-electron chi connectivity index (χ4n) is 2.01. The van der Waals surface area contributed by atoms with E-state index >= 15 is 0 Å². The fourth-order valence-corrected chi connectivity index (χ4v) is 2.01. The molecule has 0 unspecified atom stereocenters. The van der Waals surface area contributed by atoms with Crippen LogP contribution in [-0.4, -0.2) is 70.3 Å². The maximum atomic E-state index is 10.5. The summed E-state index contributed by atoms with van der Waals surface area (Å²) >= 11 is 0. The number of ether oxygens (including phenoxy) is 2. The molecule has 0 saturated carbocycles. The zero-order chi connectivity index (χ0) is 14.8. The first-order valence-corrected chi connectivity index (χ1v) is 5.81. The first kappa shape index (κ1) is 17.8. The summed E-state index contributed by atoms with van der Waals surface area (Å²) in [7, 11) is 2.84. The number of aliphatic hydroxyl groups excluding tert-OH is 3. The molecule has 0 radical (unpaired) electrons. The van der Waals surface area contributed by atoms with Crippen molar-refractivity contribution in [1.29, 1.82) is 0 Å². The van der Waals surface area contributed by atoms with E-state index in [4.69, 9.17) is 14.6 Å². The summed E-state index contributed by atoms with van der Waals surface area (Å²) in [6.45, 7) is 5.64. The molecule has 4 N–H and O–H groups in total. The third-order valence-electron chi connectivity index (χ3n) is 4.16. The second kappa shape index (κ2) is 5.81. The molecule has 18 heavy (non-hydrogen) atoms. The molecule has 0 aromatic heterocycles. The Labute approximate surface area is 108 Å². The Morgan fingerprint density at radius 1 is 1.00 bits per heavy atom. The highest BCUT2D eigenvalue weighted by Gasteiger charge is 2.59. The molecule has 6 nitrogen and oxygen atoms in total. The van der Waals surface area contributed by atoms with E-state index in [0.717, 1.165) is 0 Å². The summed E-state index contributed by atoms with van der Waals surface area (Å²) in [5.74, 6) is 0. The van der Waals surface area contributed by atoms with Crippen LogP contribution in [0.4, 0.5) is 0 Å². The highest BCUT2D eigenvalue weighted by Crippen LogP contribution is 2.40. The van der Waals surface area contributed by atoms with Gasteiger partial charge >= 0.3 is 0 Å². The molecule has 0 amide bonds. The second-order valence-corrected chi connectivity index (χ2v) is 5.29. The molecule has 6 heteroatoms. The van der Waals surface area contributed by atoms with Gasteiger partial charge in [-0.1, -0.05) is 0 Å². The van der Waals surface area contributed by atoms with Gasteiger partial charge in [-0.3, -0.25) is 0 Å². The molecule has 0 aromatic carbocycles. The zero-order valence-electron chi connectivity index (χ0n) is 12.0. The predicted molar refractivity (Wildman–Crippen MR) is 66.2 cm³/mol. The fraction of sp³-hybridized carbons (Fsp3) is 1.00. The molecule has 4 atom stereocenters. The minimum absolute atomic E-state index is 0.662. The van der Waals surface area contributed by atoms with Crippen LogP contribution in [0.5, 0.6) is 0 Å². The number of aliphatic hydroxyl groups is 4. The van der Waals surface area contributed by atoms with Gasteiger partial charge in [0.15, 0.2) is 0 Å². The van der Waals surface area contributed by atoms with Crippen LogP contribution in [0.15, 0.2) is 0 Å². The third kappa shape index (κ3) is 2.68. The standard InChI is InChI=1S/C12H26O6/c1-10(2,17-5)12(4,18-6)11(3,16)9(15)8(14)7-13/h8-9,13-16H,7H2,1-6H3/t8-,9-,11+,12+/m1/s1. The van der Waals surface area contributed by atoms with Gasteiger partial charge in [0.1, 0.15) is 23.4 Å². The number of rotatable bonds is 7. The molecule has 0 rings (SSSR count). The second-order valence-electron chi connectivity index (χ2n) is 5.29. The number of hydrogen-bond donors (Lipinski definition) is 4. The summed E-state index contributed by atoms with van der Waals surface area (Å²) in [6.07, 6.45) is -3.05. The molecule has 0 heterocycles. The third-order valence-corrected chi connectivity index (χ3v) is 4.16. The van der Waals surface area contributed by atoms with E-state index in [1.807, 2.05) is 0 Å². The van der Waals surface area contributed by atoms with Crippen molar-refractivity contribution < 1.29 is 29.9 Å². The normalized spacial score (nSPS) is 23.0. The maximum Gasteiger partial charge on any atom is 0.124 e. The van der Waals surface area contributed by atoms with Gasteiger partial charge in [0, 0.05) is 14.2 Å². The lowest BCUT2D eigenvalue weighted by Gasteiger charge is -2.52. The Hall–Kier alpha value is -0.240. The van der Waals surface area contributed by atoms with E-state index < -0.39 is 35.6 Å². The van der Waals surface area contributed by atoms with Gasteiger partial charge in [-0.2, -0.15) is 0 Å². The quantitative estimate of drug-likeness (QED) is 0.485. The smallest absolute Gasteiger partial charge is 0.124 e. The van der Waals surface area contributed by atoms with Gasteiger partial charge in [-0.05, 0) is 27.7 Å². The predicted octanol–water partition coefficient (Wildman–Crippen LogP) is -0.718. The SMILES string of the molecule is COC(C)(C)[C@](C)(OC)[C@@](C)(O)[C@H](O)[C@H](O)CO. The average molecular weight is 266 g/mol. The van der Waals surface area contributed by atoms with Crippen molar-refractivity contribution in [2.75, 3.05) is 20.8 Å². The van der Waals surface area contributed by atoms with Crippen molar-refractivity contribution in [1.82, 2.24) is 0 Å². The summed E-state index contributed by atoms with van der Waals surface area (Å²) in [4.78, 5) is 0. The molecular weight excluding hydrogens is 240 g/mol. The van der Waals surface area contributed by atoms with Gasteiger partial charge in [-0.25, -0.2) is 0 Å². The van der Waals surface area contributed by atoms with Crippen LogP contribution in [0.1, 0.15) is 27.7 Å². The molecular formula is C12H26O6. The van der Waals surface area contributed by atoms with Crippen molar-refractivity contribution in [3.05, 3.63) is 0 Å². The Balaban J connectivity index is 5.51. The number of hydrogen-bond acceptors (Lipinski definition) is 6. The maximum absolute atomic E-state index is 10.5. The highest BCUT2D eigenvalue weighted by molar-refractivity contribution is 5.10. The molecule has 0 spiro atoms. The Morgan fingerprint density at radius 3 is 1.72 bits per heavy atom. The Bertz CT molecular complexity index is 265. The van der Waals surface area contributed by atoms with Crippen molar-refractivity contribution in [3.8, 4) is 0 Å². The lowest BCUT2D eigenvalue weighted by atomic mass is 9.70. The monoisotopic (exact) mass is 266 g/mol. The van der Waals surface area contributed by atoms with Crippen LogP contribution in [0.25, 0.3) is 0 Å². The van der Waals surface area contributed by atoms with Crippen molar-refractivity contribution in [2.45, 2.75) is 56.7 Å². The summed E-state index contributed by atoms with van der Waals surface area (Å²) in [5, 5.41) is 38.9.